The van der Waals surface area contributed by atoms with Crippen LogP contribution in [-0.4, -0.2) is 27.1 Å². The summed E-state index contributed by atoms with van der Waals surface area (Å²) in [4.78, 5) is 11.1. The molecule has 0 radical (unpaired) electrons. The van der Waals surface area contributed by atoms with Gasteiger partial charge in [-0.3, -0.25) is 4.79 Å². The molecule has 0 saturated heterocycles. The predicted octanol–water partition coefficient (Wildman–Crippen LogP) is 1.09. The van der Waals surface area contributed by atoms with Crippen molar-refractivity contribution in [1.29, 1.82) is 0 Å². The first kappa shape index (κ1) is 12.2. The molecule has 0 bridgehead atoms. The van der Waals surface area contributed by atoms with Gasteiger partial charge in [-0.15, -0.1) is 0 Å². The number of hydrogen-bond acceptors (Lipinski definition) is 2. The van der Waals surface area contributed by atoms with Crippen LogP contribution in [0.2, 0.25) is 0 Å². The summed E-state index contributed by atoms with van der Waals surface area (Å²) < 4.78 is 0.385. The van der Waals surface area contributed by atoms with E-state index in [1.165, 1.54) is 6.92 Å². The third-order valence-corrected chi connectivity index (χ3v) is 2.57. The zero-order valence-electron chi connectivity index (χ0n) is 7.67. The number of aliphatic hydroxyl groups is 1. The molecule has 72 valence electrons. The molecule has 0 aromatic heterocycles. The van der Waals surface area contributed by atoms with E-state index in [0.29, 0.717) is 3.92 Å². The summed E-state index contributed by atoms with van der Waals surface area (Å²) in [7, 11) is 0. The zero-order valence-corrected chi connectivity index (χ0v) is 9.83. The number of aliphatic hydroxyl groups excluding tert-OH is 1. The van der Waals surface area contributed by atoms with Crippen LogP contribution < -0.4 is 5.32 Å². The number of hydrogen-bond donors (Lipinski definition) is 2. The van der Waals surface area contributed by atoms with E-state index in [1.807, 2.05) is 13.8 Å². The van der Waals surface area contributed by atoms with E-state index in [2.05, 4.69) is 27.9 Å². The Morgan fingerprint density at radius 3 is 2.33 bits per heavy atom. The molecule has 12 heavy (non-hydrogen) atoms. The minimum atomic E-state index is -0.908. The molecular weight excluding hydrogens is 269 g/mol. The van der Waals surface area contributed by atoms with Gasteiger partial charge in [0.1, 0.15) is 6.10 Å². The van der Waals surface area contributed by atoms with E-state index in [4.69, 9.17) is 5.11 Å². The van der Waals surface area contributed by atoms with Crippen molar-refractivity contribution < 1.29 is 9.90 Å². The first-order chi connectivity index (χ1) is 5.49. The van der Waals surface area contributed by atoms with Crippen molar-refractivity contribution in [2.45, 2.75) is 43.3 Å². The monoisotopic (exact) mass is 285 g/mol. The lowest BCUT2D eigenvalue weighted by molar-refractivity contribution is -0.129. The maximum atomic E-state index is 11.1. The fourth-order valence-electron chi connectivity index (χ4n) is 0.845. The molecule has 1 amide bonds. The highest BCUT2D eigenvalue weighted by atomic mass is 127. The Labute approximate surface area is 87.1 Å². The lowest BCUT2D eigenvalue weighted by Gasteiger charge is -2.20. The van der Waals surface area contributed by atoms with Crippen LogP contribution in [0.3, 0.4) is 0 Å². The predicted molar refractivity (Wildman–Crippen MR) is 57.4 cm³/mol. The van der Waals surface area contributed by atoms with Crippen LogP contribution in [0.25, 0.3) is 0 Å². The average Bonchev–Trinajstić information content (AvgIpc) is 1.98. The number of alkyl halides is 1. The first-order valence-corrected chi connectivity index (χ1v) is 5.36. The van der Waals surface area contributed by atoms with E-state index < -0.39 is 6.10 Å². The lowest BCUT2D eigenvalue weighted by atomic mass is 10.1. The van der Waals surface area contributed by atoms with Gasteiger partial charge in [0.25, 0.3) is 0 Å². The number of carbonyl (C=O) groups is 1. The Bertz CT molecular complexity index is 148. The van der Waals surface area contributed by atoms with Gasteiger partial charge in [0.2, 0.25) is 5.91 Å². The van der Waals surface area contributed by atoms with Crippen LogP contribution in [0.1, 0.15) is 27.2 Å². The van der Waals surface area contributed by atoms with E-state index in [0.717, 1.165) is 6.42 Å². The van der Waals surface area contributed by atoms with Gasteiger partial charge >= 0.3 is 0 Å². The third-order valence-electron chi connectivity index (χ3n) is 1.70. The number of carbonyl (C=O) groups excluding carboxylic acids is 1. The van der Waals surface area contributed by atoms with Crippen LogP contribution in [0.5, 0.6) is 0 Å². The molecule has 0 rings (SSSR count). The van der Waals surface area contributed by atoms with Crippen molar-refractivity contribution in [1.82, 2.24) is 5.32 Å². The number of halogens is 1. The molecule has 0 aliphatic heterocycles. The van der Waals surface area contributed by atoms with E-state index in [1.54, 1.807) is 0 Å². The molecular formula is C8H16INO2. The van der Waals surface area contributed by atoms with Crippen LogP contribution in [0.15, 0.2) is 0 Å². The van der Waals surface area contributed by atoms with Crippen LogP contribution in [0, 0.1) is 0 Å². The Hall–Kier alpha value is 0.160. The fraction of sp³-hybridized carbons (Fsp3) is 0.875. The Morgan fingerprint density at radius 2 is 2.08 bits per heavy atom. The molecule has 3 unspecified atom stereocenters. The summed E-state index contributed by atoms with van der Waals surface area (Å²) in [6.45, 7) is 5.53. The third kappa shape index (κ3) is 4.25. The second kappa shape index (κ2) is 5.75. The van der Waals surface area contributed by atoms with Gasteiger partial charge in [-0.1, -0.05) is 36.4 Å². The van der Waals surface area contributed by atoms with E-state index in [-0.39, 0.29) is 11.9 Å². The second-order valence-corrected chi connectivity index (χ2v) is 4.84. The van der Waals surface area contributed by atoms with Crippen molar-refractivity contribution in [2.75, 3.05) is 0 Å². The highest BCUT2D eigenvalue weighted by Crippen LogP contribution is 2.08. The Morgan fingerprint density at radius 1 is 1.58 bits per heavy atom. The normalized spacial score (nSPS) is 18.1. The van der Waals surface area contributed by atoms with Crippen LogP contribution in [0.4, 0.5) is 0 Å². The van der Waals surface area contributed by atoms with E-state index in [9.17, 15) is 4.79 Å². The zero-order chi connectivity index (χ0) is 9.72. The molecule has 0 aliphatic carbocycles. The quantitative estimate of drug-likeness (QED) is 0.600. The Balaban J connectivity index is 3.94. The van der Waals surface area contributed by atoms with Gasteiger partial charge in [0, 0.05) is 9.97 Å². The van der Waals surface area contributed by atoms with Crippen molar-refractivity contribution >= 4 is 28.5 Å². The first-order valence-electron chi connectivity index (χ1n) is 4.11. The molecule has 0 fully saturated rings. The highest BCUT2D eigenvalue weighted by Gasteiger charge is 2.17. The maximum absolute atomic E-state index is 11.1. The molecule has 0 spiro atoms. The number of rotatable bonds is 4. The molecule has 0 aromatic carbocycles. The van der Waals surface area contributed by atoms with Crippen molar-refractivity contribution in [3.05, 3.63) is 0 Å². The summed E-state index contributed by atoms with van der Waals surface area (Å²) in [5.41, 5.74) is 0. The highest BCUT2D eigenvalue weighted by molar-refractivity contribution is 14.1. The van der Waals surface area contributed by atoms with Crippen LogP contribution >= 0.6 is 22.6 Å². The van der Waals surface area contributed by atoms with Crippen molar-refractivity contribution in [3.8, 4) is 0 Å². The standard InChI is InChI=1S/C8H16INO2/c1-4-7(5(2)9)10-8(12)6(3)11/h5-7,11H,4H2,1-3H3,(H,10,12). The largest absolute Gasteiger partial charge is 0.384 e. The van der Waals surface area contributed by atoms with Gasteiger partial charge < -0.3 is 10.4 Å². The van der Waals surface area contributed by atoms with E-state index >= 15 is 0 Å². The van der Waals surface area contributed by atoms with Gasteiger partial charge in [-0.25, -0.2) is 0 Å². The summed E-state index contributed by atoms with van der Waals surface area (Å²) >= 11 is 2.26. The summed E-state index contributed by atoms with van der Waals surface area (Å²) in [6, 6.07) is 0.160. The van der Waals surface area contributed by atoms with Gasteiger partial charge in [0.15, 0.2) is 0 Å². The van der Waals surface area contributed by atoms with Gasteiger partial charge in [-0.05, 0) is 13.3 Å². The molecule has 0 heterocycles. The smallest absolute Gasteiger partial charge is 0.248 e. The van der Waals surface area contributed by atoms with Crippen molar-refractivity contribution in [2.24, 2.45) is 0 Å². The molecule has 3 atom stereocenters. The minimum absolute atomic E-state index is 0.160. The SMILES string of the molecule is CCC(NC(=O)C(C)O)C(C)I. The lowest BCUT2D eigenvalue weighted by Crippen LogP contribution is -2.43. The Kier molecular flexibility index (Phi) is 5.82. The summed E-state index contributed by atoms with van der Waals surface area (Å²) in [5, 5.41) is 11.7. The van der Waals surface area contributed by atoms with Crippen molar-refractivity contribution in [3.63, 3.8) is 0 Å². The maximum Gasteiger partial charge on any atom is 0.248 e. The number of amides is 1. The summed E-state index contributed by atoms with van der Waals surface area (Å²) in [5.74, 6) is -0.287. The topological polar surface area (TPSA) is 49.3 Å². The minimum Gasteiger partial charge on any atom is -0.384 e. The van der Waals surface area contributed by atoms with Crippen LogP contribution in [-0.2, 0) is 4.79 Å². The molecule has 0 aliphatic rings. The molecule has 3 nitrogen and oxygen atoms in total. The molecule has 0 aromatic rings. The second-order valence-electron chi connectivity index (χ2n) is 2.88. The number of nitrogens with one attached hydrogen (secondary N) is 1. The molecule has 2 N–H and O–H groups in total. The average molecular weight is 285 g/mol. The van der Waals surface area contributed by atoms with Gasteiger partial charge in [0.05, 0.1) is 0 Å². The van der Waals surface area contributed by atoms with Gasteiger partial charge in [-0.2, -0.15) is 0 Å². The molecule has 0 saturated carbocycles. The summed E-state index contributed by atoms with van der Waals surface area (Å²) in [6.07, 6.45) is -0.0167. The molecule has 4 heteroatoms. The fourth-order valence-corrected chi connectivity index (χ4v) is 1.53.